The molecular weight excluding hydrogens is 144 g/mol. The summed E-state index contributed by atoms with van der Waals surface area (Å²) in [5, 5.41) is 0.587. The van der Waals surface area contributed by atoms with Crippen LogP contribution in [-0.2, 0) is 0 Å². The first-order chi connectivity index (χ1) is 4.66. The number of hydrogen-bond donors (Lipinski definition) is 0. The van der Waals surface area contributed by atoms with Crippen LogP contribution in [0, 0.1) is 0 Å². The minimum Gasteiger partial charge on any atom is -0.0884 e. The van der Waals surface area contributed by atoms with E-state index in [1.54, 1.807) is 0 Å². The van der Waals surface area contributed by atoms with Gasteiger partial charge in [-0.1, -0.05) is 35.9 Å². The Bertz CT molecular complexity index is 164. The van der Waals surface area contributed by atoms with Crippen LogP contribution in [0.25, 0.3) is 0 Å². The monoisotopic (exact) mass is 156 g/mol. The second-order valence-corrected chi connectivity index (χ2v) is 2.67. The zero-order valence-electron chi connectivity index (χ0n) is 6.52. The number of allylic oxidation sites excluding steroid dienone is 5. The van der Waals surface area contributed by atoms with Gasteiger partial charge in [-0.3, -0.25) is 0 Å². The lowest BCUT2D eigenvalue weighted by atomic mass is 10.2. The third kappa shape index (κ3) is 5.64. The van der Waals surface area contributed by atoms with E-state index in [1.807, 2.05) is 19.1 Å². The van der Waals surface area contributed by atoms with Crippen LogP contribution in [0.15, 0.2) is 35.4 Å². The van der Waals surface area contributed by atoms with Crippen LogP contribution in [0.5, 0.6) is 0 Å². The quantitative estimate of drug-likeness (QED) is 0.432. The highest BCUT2D eigenvalue weighted by Crippen LogP contribution is 2.03. The second-order valence-electron chi connectivity index (χ2n) is 2.19. The third-order valence-corrected chi connectivity index (χ3v) is 1.36. The Morgan fingerprint density at radius 3 is 2.60 bits per heavy atom. The molecule has 56 valence electrons. The van der Waals surface area contributed by atoms with Crippen LogP contribution >= 0.6 is 11.6 Å². The maximum atomic E-state index is 5.50. The largest absolute Gasteiger partial charge is 0.0884 e. The number of halogens is 1. The average molecular weight is 157 g/mol. The molecule has 0 fully saturated rings. The fourth-order valence-corrected chi connectivity index (χ4v) is 0.580. The number of rotatable bonds is 3. The normalized spacial score (nSPS) is 12.5. The van der Waals surface area contributed by atoms with Crippen LogP contribution < -0.4 is 0 Å². The predicted octanol–water partition coefficient (Wildman–Crippen LogP) is 3.65. The molecule has 0 atom stereocenters. The average Bonchev–Trinajstić information content (AvgIpc) is 1.87. The molecule has 0 unspecified atom stereocenters. The maximum Gasteiger partial charge on any atom is 0.0331 e. The van der Waals surface area contributed by atoms with Gasteiger partial charge in [0.25, 0.3) is 0 Å². The first-order valence-electron chi connectivity index (χ1n) is 3.29. The van der Waals surface area contributed by atoms with Gasteiger partial charge in [-0.2, -0.15) is 0 Å². The van der Waals surface area contributed by atoms with E-state index in [1.165, 1.54) is 5.57 Å². The summed E-state index contributed by atoms with van der Waals surface area (Å²) < 4.78 is 0. The van der Waals surface area contributed by atoms with Crippen LogP contribution in [0.1, 0.15) is 20.3 Å². The molecule has 0 radical (unpaired) electrons. The van der Waals surface area contributed by atoms with Crippen molar-refractivity contribution in [2.45, 2.75) is 20.3 Å². The van der Waals surface area contributed by atoms with Gasteiger partial charge in [0.05, 0.1) is 0 Å². The lowest BCUT2D eigenvalue weighted by Crippen LogP contribution is -1.69. The zero-order valence-corrected chi connectivity index (χ0v) is 7.28. The zero-order chi connectivity index (χ0) is 7.98. The van der Waals surface area contributed by atoms with Gasteiger partial charge in [-0.05, 0) is 26.3 Å². The molecule has 0 rings (SSSR count). The molecule has 0 amide bonds. The molecule has 10 heavy (non-hydrogen) atoms. The Labute approximate surface area is 67.9 Å². The van der Waals surface area contributed by atoms with Crippen molar-refractivity contribution in [3.05, 3.63) is 35.4 Å². The fraction of sp³-hybridized carbons (Fsp3) is 0.333. The molecular formula is C9H13Cl. The van der Waals surface area contributed by atoms with Gasteiger partial charge in [0.15, 0.2) is 0 Å². The first-order valence-corrected chi connectivity index (χ1v) is 3.67. The van der Waals surface area contributed by atoms with E-state index in [2.05, 4.69) is 19.6 Å². The summed E-state index contributed by atoms with van der Waals surface area (Å²) in [5.74, 6) is 0. The molecule has 0 aliphatic heterocycles. The fourth-order valence-electron chi connectivity index (χ4n) is 0.491. The van der Waals surface area contributed by atoms with Crippen molar-refractivity contribution < 1.29 is 0 Å². The minimum atomic E-state index is 0.587. The van der Waals surface area contributed by atoms with E-state index in [-0.39, 0.29) is 0 Å². The van der Waals surface area contributed by atoms with Crippen molar-refractivity contribution in [1.82, 2.24) is 0 Å². The highest BCUT2D eigenvalue weighted by molar-refractivity contribution is 6.30. The molecule has 0 aliphatic rings. The summed E-state index contributed by atoms with van der Waals surface area (Å²) in [7, 11) is 0. The van der Waals surface area contributed by atoms with E-state index < -0.39 is 0 Å². The van der Waals surface area contributed by atoms with Gasteiger partial charge >= 0.3 is 0 Å². The lowest BCUT2D eigenvalue weighted by Gasteiger charge is -1.90. The topological polar surface area (TPSA) is 0 Å². The molecule has 0 heterocycles. The van der Waals surface area contributed by atoms with Crippen molar-refractivity contribution in [3.8, 4) is 0 Å². The van der Waals surface area contributed by atoms with Gasteiger partial charge in [0.1, 0.15) is 0 Å². The summed E-state index contributed by atoms with van der Waals surface area (Å²) in [6.07, 6.45) is 6.86. The molecule has 0 aromatic rings. The van der Waals surface area contributed by atoms with Gasteiger partial charge < -0.3 is 0 Å². The standard InChI is InChI=1S/C9H13Cl/c1-4-8(2)6-5-7-9(3)10/h4-5,7H,3,6H2,1-2H3/b7-5-,8-4-. The second kappa shape index (κ2) is 5.31. The smallest absolute Gasteiger partial charge is 0.0331 e. The molecule has 0 aliphatic carbocycles. The van der Waals surface area contributed by atoms with Crippen LogP contribution in [0.3, 0.4) is 0 Å². The lowest BCUT2D eigenvalue weighted by molar-refractivity contribution is 1.20. The molecule has 0 nitrogen and oxygen atoms in total. The Hall–Kier alpha value is -0.490. The Balaban J connectivity index is 3.64. The first kappa shape index (κ1) is 9.51. The SMILES string of the molecule is C=C(Cl)/C=C\C/C(C)=C\C. The predicted molar refractivity (Wildman–Crippen MR) is 48.2 cm³/mol. The van der Waals surface area contributed by atoms with Gasteiger partial charge in [-0.25, -0.2) is 0 Å². The van der Waals surface area contributed by atoms with Crippen LogP contribution in [0.4, 0.5) is 0 Å². The minimum absolute atomic E-state index is 0.587. The summed E-state index contributed by atoms with van der Waals surface area (Å²) in [6, 6.07) is 0. The van der Waals surface area contributed by atoms with Crippen molar-refractivity contribution >= 4 is 11.6 Å². The van der Waals surface area contributed by atoms with Crippen LogP contribution in [-0.4, -0.2) is 0 Å². The van der Waals surface area contributed by atoms with Crippen molar-refractivity contribution in [1.29, 1.82) is 0 Å². The van der Waals surface area contributed by atoms with Gasteiger partial charge in [0, 0.05) is 5.03 Å². The molecule has 0 saturated carbocycles. The third-order valence-electron chi connectivity index (χ3n) is 1.23. The van der Waals surface area contributed by atoms with Gasteiger partial charge in [0.2, 0.25) is 0 Å². The van der Waals surface area contributed by atoms with Gasteiger partial charge in [-0.15, -0.1) is 0 Å². The summed E-state index contributed by atoms with van der Waals surface area (Å²) in [6.45, 7) is 7.65. The van der Waals surface area contributed by atoms with E-state index in [0.29, 0.717) is 5.03 Å². The van der Waals surface area contributed by atoms with Crippen molar-refractivity contribution in [2.75, 3.05) is 0 Å². The Kier molecular flexibility index (Phi) is 5.05. The van der Waals surface area contributed by atoms with Crippen molar-refractivity contribution in [2.24, 2.45) is 0 Å². The van der Waals surface area contributed by atoms with Crippen molar-refractivity contribution in [3.63, 3.8) is 0 Å². The maximum absolute atomic E-state index is 5.50. The Morgan fingerprint density at radius 1 is 1.60 bits per heavy atom. The summed E-state index contributed by atoms with van der Waals surface area (Å²) in [4.78, 5) is 0. The molecule has 1 heteroatoms. The highest BCUT2D eigenvalue weighted by Gasteiger charge is 1.81. The number of hydrogen-bond acceptors (Lipinski definition) is 0. The molecule has 0 saturated heterocycles. The molecule has 0 spiro atoms. The van der Waals surface area contributed by atoms with E-state index in [4.69, 9.17) is 11.6 Å². The Morgan fingerprint density at radius 2 is 2.20 bits per heavy atom. The molecule has 0 aromatic carbocycles. The van der Waals surface area contributed by atoms with Crippen LogP contribution in [0.2, 0.25) is 0 Å². The summed E-state index contributed by atoms with van der Waals surface area (Å²) in [5.41, 5.74) is 1.34. The highest BCUT2D eigenvalue weighted by atomic mass is 35.5. The molecule has 0 N–H and O–H groups in total. The molecule has 0 bridgehead atoms. The molecule has 0 aromatic heterocycles. The summed E-state index contributed by atoms with van der Waals surface area (Å²) >= 11 is 5.50. The van der Waals surface area contributed by atoms with E-state index in [0.717, 1.165) is 6.42 Å². The van der Waals surface area contributed by atoms with E-state index in [9.17, 15) is 0 Å². The van der Waals surface area contributed by atoms with E-state index >= 15 is 0 Å².